The third-order valence-electron chi connectivity index (χ3n) is 2.78. The van der Waals surface area contributed by atoms with E-state index < -0.39 is 24.0 Å². The Morgan fingerprint density at radius 3 is 2.47 bits per heavy atom. The summed E-state index contributed by atoms with van der Waals surface area (Å²) in [6.07, 6.45) is 0.995. The van der Waals surface area contributed by atoms with Gasteiger partial charge < -0.3 is 20.9 Å². The zero-order valence-corrected chi connectivity index (χ0v) is 10.6. The molecule has 0 aliphatic carbocycles. The van der Waals surface area contributed by atoms with Crippen molar-refractivity contribution in [3.8, 4) is 0 Å². The van der Waals surface area contributed by atoms with E-state index in [-0.39, 0.29) is 18.9 Å². The standard InChI is InChI=1S/C11H22N2O4/c1-4-7(2)9(12)10(14)13-8(11(15)16)5-6-17-3/h7-9H,4-6,12H2,1-3H3,(H,13,14)(H,15,16)/t7?,8?,9-/m0/s1. The van der Waals surface area contributed by atoms with Crippen LogP contribution in [-0.4, -0.2) is 42.8 Å². The average Bonchev–Trinajstić information content (AvgIpc) is 2.31. The first-order chi connectivity index (χ1) is 7.93. The highest BCUT2D eigenvalue weighted by atomic mass is 16.5. The van der Waals surface area contributed by atoms with Gasteiger partial charge >= 0.3 is 5.97 Å². The second kappa shape index (κ2) is 8.03. The van der Waals surface area contributed by atoms with Gasteiger partial charge in [-0.2, -0.15) is 0 Å². The lowest BCUT2D eigenvalue weighted by Gasteiger charge is -2.21. The third-order valence-corrected chi connectivity index (χ3v) is 2.78. The Morgan fingerprint density at radius 1 is 1.47 bits per heavy atom. The summed E-state index contributed by atoms with van der Waals surface area (Å²) in [5.74, 6) is -1.48. The van der Waals surface area contributed by atoms with Crippen molar-refractivity contribution in [3.63, 3.8) is 0 Å². The van der Waals surface area contributed by atoms with Crippen LogP contribution in [0.5, 0.6) is 0 Å². The van der Waals surface area contributed by atoms with Crippen LogP contribution in [0.25, 0.3) is 0 Å². The van der Waals surface area contributed by atoms with Gasteiger partial charge in [-0.05, 0) is 5.92 Å². The number of carbonyl (C=O) groups is 2. The van der Waals surface area contributed by atoms with Crippen molar-refractivity contribution in [1.29, 1.82) is 0 Å². The highest BCUT2D eigenvalue weighted by molar-refractivity contribution is 5.86. The molecule has 6 heteroatoms. The topological polar surface area (TPSA) is 102 Å². The molecule has 0 saturated carbocycles. The minimum absolute atomic E-state index is 0.0203. The molecule has 0 aromatic heterocycles. The van der Waals surface area contributed by atoms with Gasteiger partial charge in [0.05, 0.1) is 6.04 Å². The molecule has 6 nitrogen and oxygen atoms in total. The summed E-state index contributed by atoms with van der Waals surface area (Å²) in [7, 11) is 1.48. The SMILES string of the molecule is CCC(C)[C@H](N)C(=O)NC(CCOC)C(=O)O. The molecular formula is C11H22N2O4. The Hall–Kier alpha value is -1.14. The molecule has 0 fully saturated rings. The van der Waals surface area contributed by atoms with Crippen molar-refractivity contribution >= 4 is 11.9 Å². The zero-order valence-electron chi connectivity index (χ0n) is 10.6. The number of carbonyl (C=O) groups excluding carboxylic acids is 1. The summed E-state index contributed by atoms with van der Waals surface area (Å²) >= 11 is 0. The fourth-order valence-corrected chi connectivity index (χ4v) is 1.27. The molecule has 2 unspecified atom stereocenters. The maximum absolute atomic E-state index is 11.7. The Morgan fingerprint density at radius 2 is 2.06 bits per heavy atom. The predicted octanol–water partition coefficient (Wildman–Crippen LogP) is -0.0343. The van der Waals surface area contributed by atoms with Gasteiger partial charge in [-0.25, -0.2) is 4.79 Å². The van der Waals surface area contributed by atoms with E-state index in [1.807, 2.05) is 13.8 Å². The number of carboxylic acids is 1. The Balaban J connectivity index is 4.34. The number of hydrogen-bond acceptors (Lipinski definition) is 4. The fraction of sp³-hybridized carbons (Fsp3) is 0.818. The van der Waals surface area contributed by atoms with Crippen LogP contribution in [0.1, 0.15) is 26.7 Å². The average molecular weight is 246 g/mol. The number of rotatable bonds is 8. The molecule has 4 N–H and O–H groups in total. The predicted molar refractivity (Wildman–Crippen MR) is 63.5 cm³/mol. The van der Waals surface area contributed by atoms with Gasteiger partial charge in [-0.15, -0.1) is 0 Å². The quantitative estimate of drug-likeness (QED) is 0.558. The third kappa shape index (κ3) is 5.65. The van der Waals surface area contributed by atoms with E-state index in [9.17, 15) is 9.59 Å². The van der Waals surface area contributed by atoms with Crippen LogP contribution in [0, 0.1) is 5.92 Å². The summed E-state index contributed by atoms with van der Waals surface area (Å²) in [6.45, 7) is 4.06. The number of aliphatic carboxylic acids is 1. The van der Waals surface area contributed by atoms with Crippen molar-refractivity contribution in [1.82, 2.24) is 5.32 Å². The van der Waals surface area contributed by atoms with Crippen molar-refractivity contribution in [2.45, 2.75) is 38.8 Å². The minimum atomic E-state index is -1.08. The molecule has 0 heterocycles. The molecule has 0 spiro atoms. The Kier molecular flexibility index (Phi) is 7.49. The number of carboxylic acid groups (broad SMARTS) is 1. The van der Waals surface area contributed by atoms with Gasteiger partial charge in [0, 0.05) is 20.1 Å². The highest BCUT2D eigenvalue weighted by Gasteiger charge is 2.25. The number of amides is 1. The van der Waals surface area contributed by atoms with E-state index in [0.717, 1.165) is 6.42 Å². The lowest BCUT2D eigenvalue weighted by atomic mass is 9.99. The van der Waals surface area contributed by atoms with E-state index >= 15 is 0 Å². The van der Waals surface area contributed by atoms with Crippen LogP contribution in [0.3, 0.4) is 0 Å². The van der Waals surface area contributed by atoms with Gasteiger partial charge in [0.15, 0.2) is 0 Å². The molecule has 100 valence electrons. The lowest BCUT2D eigenvalue weighted by Crippen LogP contribution is -2.50. The molecule has 0 aliphatic rings. The van der Waals surface area contributed by atoms with E-state index in [0.29, 0.717) is 0 Å². The van der Waals surface area contributed by atoms with Crippen LogP contribution in [0.15, 0.2) is 0 Å². The number of hydrogen-bond donors (Lipinski definition) is 3. The van der Waals surface area contributed by atoms with Gasteiger partial charge in [0.1, 0.15) is 6.04 Å². The monoisotopic (exact) mass is 246 g/mol. The molecule has 17 heavy (non-hydrogen) atoms. The van der Waals surface area contributed by atoms with Crippen LogP contribution < -0.4 is 11.1 Å². The molecule has 0 aromatic carbocycles. The molecule has 1 amide bonds. The van der Waals surface area contributed by atoms with Gasteiger partial charge in [-0.1, -0.05) is 20.3 Å². The first-order valence-corrected chi connectivity index (χ1v) is 5.71. The van der Waals surface area contributed by atoms with E-state index in [1.165, 1.54) is 7.11 Å². The Bertz CT molecular complexity index is 258. The molecular weight excluding hydrogens is 224 g/mol. The van der Waals surface area contributed by atoms with Crippen LogP contribution in [0.2, 0.25) is 0 Å². The van der Waals surface area contributed by atoms with Gasteiger partial charge in [0.25, 0.3) is 0 Å². The number of nitrogens with one attached hydrogen (secondary N) is 1. The molecule has 0 rings (SSSR count). The second-order valence-electron chi connectivity index (χ2n) is 4.09. The van der Waals surface area contributed by atoms with E-state index in [1.54, 1.807) is 0 Å². The zero-order chi connectivity index (χ0) is 13.4. The molecule has 0 radical (unpaired) electrons. The Labute approximate surface area is 102 Å². The molecule has 0 aromatic rings. The molecule has 0 bridgehead atoms. The van der Waals surface area contributed by atoms with Crippen molar-refractivity contribution in [2.75, 3.05) is 13.7 Å². The van der Waals surface area contributed by atoms with E-state index in [4.69, 9.17) is 15.6 Å². The summed E-state index contributed by atoms with van der Waals surface area (Å²) in [6, 6.07) is -1.62. The number of methoxy groups -OCH3 is 1. The van der Waals surface area contributed by atoms with Crippen LogP contribution in [0.4, 0.5) is 0 Å². The molecule has 0 saturated heterocycles. The first kappa shape index (κ1) is 15.9. The lowest BCUT2D eigenvalue weighted by molar-refractivity contribution is -0.142. The van der Waals surface area contributed by atoms with Gasteiger partial charge in [0.2, 0.25) is 5.91 Å². The van der Waals surface area contributed by atoms with Crippen molar-refractivity contribution < 1.29 is 19.4 Å². The van der Waals surface area contributed by atoms with Crippen LogP contribution >= 0.6 is 0 Å². The summed E-state index contributed by atoms with van der Waals surface area (Å²) < 4.78 is 4.79. The smallest absolute Gasteiger partial charge is 0.326 e. The summed E-state index contributed by atoms with van der Waals surface area (Å²) in [5, 5.41) is 11.3. The maximum atomic E-state index is 11.7. The number of ether oxygens (including phenoxy) is 1. The van der Waals surface area contributed by atoms with E-state index in [2.05, 4.69) is 5.32 Å². The largest absolute Gasteiger partial charge is 0.480 e. The number of nitrogens with two attached hydrogens (primary N) is 1. The van der Waals surface area contributed by atoms with Crippen molar-refractivity contribution in [3.05, 3.63) is 0 Å². The molecule has 0 aliphatic heterocycles. The summed E-state index contributed by atoms with van der Waals surface area (Å²) in [5.41, 5.74) is 5.71. The fourth-order valence-electron chi connectivity index (χ4n) is 1.27. The highest BCUT2D eigenvalue weighted by Crippen LogP contribution is 2.06. The maximum Gasteiger partial charge on any atom is 0.326 e. The summed E-state index contributed by atoms with van der Waals surface area (Å²) in [4.78, 5) is 22.6. The minimum Gasteiger partial charge on any atom is -0.480 e. The van der Waals surface area contributed by atoms with Crippen molar-refractivity contribution in [2.24, 2.45) is 11.7 Å². The van der Waals surface area contributed by atoms with Crippen LogP contribution in [-0.2, 0) is 14.3 Å². The normalized spacial score (nSPS) is 16.0. The molecule has 3 atom stereocenters. The van der Waals surface area contributed by atoms with Gasteiger partial charge in [-0.3, -0.25) is 4.79 Å². The second-order valence-corrected chi connectivity index (χ2v) is 4.09. The first-order valence-electron chi connectivity index (χ1n) is 5.71.